The molecule has 1 aromatic rings. The quantitative estimate of drug-likeness (QED) is 0.460. The Balaban J connectivity index is 1.74. The monoisotopic (exact) mass is 373 g/mol. The number of nitrogens with zero attached hydrogens (tertiary/aromatic N) is 1. The number of carbonyl (C=O) groups is 2. The standard InChI is InChI=1S/C22H31NO4/c1-17-7-6-8-18(15-17)16-19(24)11-13-23-14-12-21(25)20(23)9-4-2-3-5-10-22(26)27/h2,4,6-8,15,19-20,24H,3,5,9-14,16H2,1H3,(H,26,27)/b4-2+/t19?,20-/m0/s1. The van der Waals surface area contributed by atoms with Gasteiger partial charge in [0.1, 0.15) is 0 Å². The van der Waals surface area contributed by atoms with E-state index in [1.807, 2.05) is 37.3 Å². The molecule has 5 heteroatoms. The van der Waals surface area contributed by atoms with E-state index >= 15 is 0 Å². The van der Waals surface area contributed by atoms with Crippen LogP contribution in [0.4, 0.5) is 0 Å². The Bertz CT molecular complexity index is 655. The Morgan fingerprint density at radius 1 is 1.37 bits per heavy atom. The number of carbonyl (C=O) groups excluding carboxylic acids is 1. The molecule has 1 fully saturated rings. The maximum atomic E-state index is 12.2. The number of unbranched alkanes of at least 4 members (excludes halogenated alkanes) is 1. The van der Waals surface area contributed by atoms with E-state index in [9.17, 15) is 14.7 Å². The van der Waals surface area contributed by atoms with Crippen molar-refractivity contribution in [2.24, 2.45) is 0 Å². The maximum Gasteiger partial charge on any atom is 0.303 e. The van der Waals surface area contributed by atoms with E-state index in [-0.39, 0.29) is 18.2 Å². The van der Waals surface area contributed by atoms with Gasteiger partial charge in [-0.3, -0.25) is 14.5 Å². The number of likely N-dealkylation sites (tertiary alicyclic amines) is 1. The lowest BCUT2D eigenvalue weighted by atomic mass is 10.0. The van der Waals surface area contributed by atoms with Crippen LogP contribution >= 0.6 is 0 Å². The van der Waals surface area contributed by atoms with Gasteiger partial charge in [-0.2, -0.15) is 0 Å². The lowest BCUT2D eigenvalue weighted by Gasteiger charge is -2.23. The number of carboxylic acids is 1. The zero-order valence-electron chi connectivity index (χ0n) is 16.1. The molecule has 5 nitrogen and oxygen atoms in total. The molecule has 0 radical (unpaired) electrons. The lowest BCUT2D eigenvalue weighted by Crippen LogP contribution is -2.35. The molecule has 0 spiro atoms. The van der Waals surface area contributed by atoms with Crippen molar-refractivity contribution >= 4 is 11.8 Å². The predicted octanol–water partition coefficient (Wildman–Crippen LogP) is 3.13. The zero-order valence-corrected chi connectivity index (χ0v) is 16.1. The van der Waals surface area contributed by atoms with Gasteiger partial charge >= 0.3 is 5.97 Å². The first-order chi connectivity index (χ1) is 13.0. The summed E-state index contributed by atoms with van der Waals surface area (Å²) in [4.78, 5) is 24.8. The largest absolute Gasteiger partial charge is 0.481 e. The van der Waals surface area contributed by atoms with E-state index in [1.165, 1.54) is 5.56 Å². The highest BCUT2D eigenvalue weighted by Crippen LogP contribution is 2.19. The average Bonchev–Trinajstić information content (AvgIpc) is 2.96. The number of aliphatic hydroxyl groups excluding tert-OH is 1. The Hall–Kier alpha value is -1.98. The van der Waals surface area contributed by atoms with Crippen LogP contribution < -0.4 is 0 Å². The fourth-order valence-electron chi connectivity index (χ4n) is 3.57. The Kier molecular flexibility index (Phi) is 8.69. The van der Waals surface area contributed by atoms with Crippen molar-refractivity contribution in [1.82, 2.24) is 4.90 Å². The first-order valence-electron chi connectivity index (χ1n) is 9.83. The van der Waals surface area contributed by atoms with Crippen LogP contribution in [0.25, 0.3) is 0 Å². The Morgan fingerprint density at radius 2 is 2.19 bits per heavy atom. The summed E-state index contributed by atoms with van der Waals surface area (Å²) >= 11 is 0. The van der Waals surface area contributed by atoms with Crippen LogP contribution in [0, 0.1) is 6.92 Å². The highest BCUT2D eigenvalue weighted by Gasteiger charge is 2.31. The van der Waals surface area contributed by atoms with Gasteiger partial charge in [0, 0.05) is 25.9 Å². The molecule has 0 bridgehead atoms. The first kappa shape index (κ1) is 21.3. The predicted molar refractivity (Wildman–Crippen MR) is 106 cm³/mol. The number of ketones is 1. The zero-order chi connectivity index (χ0) is 19.6. The third-order valence-electron chi connectivity index (χ3n) is 5.05. The van der Waals surface area contributed by atoms with Crippen molar-refractivity contribution in [3.63, 3.8) is 0 Å². The molecule has 148 valence electrons. The summed E-state index contributed by atoms with van der Waals surface area (Å²) in [5.74, 6) is -0.511. The molecule has 2 atom stereocenters. The molecular formula is C22H31NO4. The van der Waals surface area contributed by atoms with Crippen molar-refractivity contribution in [2.75, 3.05) is 13.1 Å². The minimum atomic E-state index is -0.773. The number of benzene rings is 1. The van der Waals surface area contributed by atoms with Crippen LogP contribution in [0.2, 0.25) is 0 Å². The van der Waals surface area contributed by atoms with Crippen LogP contribution in [0.5, 0.6) is 0 Å². The maximum absolute atomic E-state index is 12.2. The SMILES string of the molecule is Cc1cccc(CC(O)CCN2CCC(=O)[C@@H]2C/C=C/CCCC(=O)O)c1. The smallest absolute Gasteiger partial charge is 0.303 e. The average molecular weight is 373 g/mol. The summed E-state index contributed by atoms with van der Waals surface area (Å²) in [6.45, 7) is 3.52. The van der Waals surface area contributed by atoms with Crippen LogP contribution in [-0.4, -0.2) is 52.1 Å². The first-order valence-corrected chi connectivity index (χ1v) is 9.83. The molecule has 1 aromatic carbocycles. The van der Waals surface area contributed by atoms with Gasteiger partial charge in [0.2, 0.25) is 0 Å². The molecule has 0 aliphatic carbocycles. The van der Waals surface area contributed by atoms with Crippen molar-refractivity contribution in [2.45, 2.75) is 64.0 Å². The minimum absolute atomic E-state index is 0.105. The number of allylic oxidation sites excluding steroid dienone is 1. The molecule has 1 aliphatic rings. The minimum Gasteiger partial charge on any atom is -0.481 e. The summed E-state index contributed by atoms with van der Waals surface area (Å²) in [5.41, 5.74) is 2.33. The van der Waals surface area contributed by atoms with Crippen molar-refractivity contribution in [3.05, 3.63) is 47.5 Å². The molecule has 1 unspecified atom stereocenters. The summed E-state index contributed by atoms with van der Waals surface area (Å²) in [7, 11) is 0. The van der Waals surface area contributed by atoms with Crippen LogP contribution in [0.15, 0.2) is 36.4 Å². The molecule has 1 aliphatic heterocycles. The topological polar surface area (TPSA) is 77.8 Å². The van der Waals surface area contributed by atoms with E-state index in [2.05, 4.69) is 11.0 Å². The summed E-state index contributed by atoms with van der Waals surface area (Å²) in [6, 6.07) is 8.08. The van der Waals surface area contributed by atoms with Gasteiger partial charge in [-0.1, -0.05) is 42.0 Å². The fourth-order valence-corrected chi connectivity index (χ4v) is 3.57. The van der Waals surface area contributed by atoms with Crippen LogP contribution in [0.3, 0.4) is 0 Å². The van der Waals surface area contributed by atoms with Gasteiger partial charge < -0.3 is 10.2 Å². The van der Waals surface area contributed by atoms with Gasteiger partial charge in [0.15, 0.2) is 5.78 Å². The molecule has 27 heavy (non-hydrogen) atoms. The Labute approximate surface area is 161 Å². The van der Waals surface area contributed by atoms with Gasteiger partial charge in [0.05, 0.1) is 12.1 Å². The van der Waals surface area contributed by atoms with E-state index < -0.39 is 12.1 Å². The van der Waals surface area contributed by atoms with Crippen LogP contribution in [-0.2, 0) is 16.0 Å². The number of aliphatic carboxylic acids is 1. The third kappa shape index (κ3) is 7.65. The van der Waals surface area contributed by atoms with Gasteiger partial charge in [-0.05, 0) is 44.6 Å². The molecule has 0 aromatic heterocycles. The summed E-state index contributed by atoms with van der Waals surface area (Å²) < 4.78 is 0. The number of aliphatic hydroxyl groups is 1. The van der Waals surface area contributed by atoms with Crippen LogP contribution in [0.1, 0.15) is 49.7 Å². The van der Waals surface area contributed by atoms with E-state index in [0.717, 1.165) is 25.1 Å². The third-order valence-corrected chi connectivity index (χ3v) is 5.05. The molecule has 2 N–H and O–H groups in total. The van der Waals surface area contributed by atoms with E-state index in [0.29, 0.717) is 32.1 Å². The second kappa shape index (κ2) is 11.0. The molecule has 0 saturated carbocycles. The van der Waals surface area contributed by atoms with Crippen molar-refractivity contribution in [1.29, 1.82) is 0 Å². The molecule has 1 saturated heterocycles. The number of carboxylic acid groups (broad SMARTS) is 1. The van der Waals surface area contributed by atoms with Gasteiger partial charge in [-0.25, -0.2) is 0 Å². The highest BCUT2D eigenvalue weighted by molar-refractivity contribution is 5.86. The van der Waals surface area contributed by atoms with E-state index in [4.69, 9.17) is 5.11 Å². The number of hydrogen-bond acceptors (Lipinski definition) is 4. The van der Waals surface area contributed by atoms with Gasteiger partial charge in [0.25, 0.3) is 0 Å². The number of aryl methyl sites for hydroxylation is 1. The van der Waals surface area contributed by atoms with E-state index in [1.54, 1.807) is 0 Å². The second-order valence-corrected chi connectivity index (χ2v) is 7.40. The number of rotatable bonds is 11. The summed E-state index contributed by atoms with van der Waals surface area (Å²) in [6.07, 6.45) is 7.61. The van der Waals surface area contributed by atoms with Gasteiger partial charge in [-0.15, -0.1) is 0 Å². The molecule has 0 amide bonds. The number of hydrogen-bond donors (Lipinski definition) is 2. The summed E-state index contributed by atoms with van der Waals surface area (Å²) in [5, 5.41) is 19.0. The normalized spacial score (nSPS) is 19.0. The molecule has 2 rings (SSSR count). The molecule has 1 heterocycles. The second-order valence-electron chi connectivity index (χ2n) is 7.40. The molecular weight excluding hydrogens is 342 g/mol. The lowest BCUT2D eigenvalue weighted by molar-refractivity contribution is -0.137. The van der Waals surface area contributed by atoms with Crippen molar-refractivity contribution in [3.8, 4) is 0 Å². The van der Waals surface area contributed by atoms with Crippen molar-refractivity contribution < 1.29 is 19.8 Å². The Morgan fingerprint density at radius 3 is 2.93 bits per heavy atom. The fraction of sp³-hybridized carbons (Fsp3) is 0.545. The number of Topliss-reactive ketones (excluding diaryl/α,β-unsaturated/α-hetero) is 1. The highest BCUT2D eigenvalue weighted by atomic mass is 16.4.